The lowest BCUT2D eigenvalue weighted by molar-refractivity contribution is -0.385. The van der Waals surface area contributed by atoms with E-state index in [0.29, 0.717) is 11.3 Å². The summed E-state index contributed by atoms with van der Waals surface area (Å²) in [5.41, 5.74) is 1.58. The highest BCUT2D eigenvalue weighted by Crippen LogP contribution is 2.25. The van der Waals surface area contributed by atoms with Gasteiger partial charge in [0, 0.05) is 28.8 Å². The third-order valence-electron chi connectivity index (χ3n) is 3.48. The monoisotopic (exact) mass is 332 g/mol. The van der Waals surface area contributed by atoms with Gasteiger partial charge in [-0.25, -0.2) is 0 Å². The van der Waals surface area contributed by atoms with Crippen molar-refractivity contribution in [1.29, 1.82) is 0 Å². The van der Waals surface area contributed by atoms with E-state index in [0.717, 1.165) is 5.69 Å². The van der Waals surface area contributed by atoms with E-state index in [1.54, 1.807) is 25.1 Å². The van der Waals surface area contributed by atoms with E-state index in [-0.39, 0.29) is 29.4 Å². The van der Waals surface area contributed by atoms with Crippen LogP contribution in [0.5, 0.6) is 0 Å². The largest absolute Gasteiger partial charge is 0.376 e. The number of nitrogens with zero attached hydrogens (tertiary/aromatic N) is 2. The van der Waals surface area contributed by atoms with Gasteiger partial charge in [0.25, 0.3) is 5.69 Å². The molecule has 2 N–H and O–H groups in total. The van der Waals surface area contributed by atoms with Gasteiger partial charge in [0.1, 0.15) is 0 Å². The SMILES string of the molecule is Cc1c(NCC(=O)Nc2cc(C(C)(C)C)no2)cccc1[N+](=O)[O-]. The Hall–Kier alpha value is -2.90. The van der Waals surface area contributed by atoms with Crippen LogP contribution < -0.4 is 10.6 Å². The molecule has 2 aromatic rings. The molecule has 2 rings (SSSR count). The molecule has 8 heteroatoms. The fraction of sp³-hybridized carbons (Fsp3) is 0.375. The van der Waals surface area contributed by atoms with Crippen molar-refractivity contribution in [2.24, 2.45) is 0 Å². The van der Waals surface area contributed by atoms with Gasteiger partial charge in [-0.05, 0) is 13.0 Å². The first-order chi connectivity index (χ1) is 11.2. The van der Waals surface area contributed by atoms with Crippen LogP contribution in [0.2, 0.25) is 0 Å². The maximum absolute atomic E-state index is 12.0. The Morgan fingerprint density at radius 2 is 2.08 bits per heavy atom. The number of carbonyl (C=O) groups is 1. The van der Waals surface area contributed by atoms with Gasteiger partial charge in [-0.2, -0.15) is 0 Å². The van der Waals surface area contributed by atoms with Gasteiger partial charge < -0.3 is 9.84 Å². The van der Waals surface area contributed by atoms with Gasteiger partial charge in [0.2, 0.25) is 11.8 Å². The Balaban J connectivity index is 1.98. The third-order valence-corrected chi connectivity index (χ3v) is 3.48. The quantitative estimate of drug-likeness (QED) is 0.642. The molecule has 24 heavy (non-hydrogen) atoms. The summed E-state index contributed by atoms with van der Waals surface area (Å²) < 4.78 is 5.09. The maximum Gasteiger partial charge on any atom is 0.274 e. The molecule has 1 aromatic heterocycles. The summed E-state index contributed by atoms with van der Waals surface area (Å²) in [6.07, 6.45) is 0. The van der Waals surface area contributed by atoms with Crippen molar-refractivity contribution in [3.63, 3.8) is 0 Å². The van der Waals surface area contributed by atoms with E-state index in [4.69, 9.17) is 4.52 Å². The predicted molar refractivity (Wildman–Crippen MR) is 90.2 cm³/mol. The second-order valence-corrected chi connectivity index (χ2v) is 6.43. The number of nitro groups is 1. The van der Waals surface area contributed by atoms with Crippen LogP contribution in [0.4, 0.5) is 17.3 Å². The number of nitro benzene ring substituents is 1. The molecule has 0 unspecified atom stereocenters. The molecule has 128 valence electrons. The number of carbonyl (C=O) groups excluding carboxylic acids is 1. The fourth-order valence-corrected chi connectivity index (χ4v) is 2.06. The molecule has 1 amide bonds. The standard InChI is InChI=1S/C16H20N4O4/c1-10-11(6-5-7-12(10)20(22)23)17-9-14(21)18-15-8-13(19-24-15)16(2,3)4/h5-8,17H,9H2,1-4H3,(H,18,21). The smallest absolute Gasteiger partial charge is 0.274 e. The van der Waals surface area contributed by atoms with Crippen molar-refractivity contribution in [3.8, 4) is 0 Å². The zero-order valence-corrected chi connectivity index (χ0v) is 14.0. The van der Waals surface area contributed by atoms with Gasteiger partial charge in [0.15, 0.2) is 0 Å². The Morgan fingerprint density at radius 1 is 1.38 bits per heavy atom. The highest BCUT2D eigenvalue weighted by Gasteiger charge is 2.20. The molecule has 0 atom stereocenters. The normalized spacial score (nSPS) is 11.2. The molecular formula is C16H20N4O4. The number of amides is 1. The number of hydrogen-bond acceptors (Lipinski definition) is 6. The summed E-state index contributed by atoms with van der Waals surface area (Å²) >= 11 is 0. The summed E-state index contributed by atoms with van der Waals surface area (Å²) in [5.74, 6) is -0.0694. The first-order valence-corrected chi connectivity index (χ1v) is 7.43. The molecule has 0 bridgehead atoms. The molecule has 8 nitrogen and oxygen atoms in total. The lowest BCUT2D eigenvalue weighted by atomic mass is 9.92. The number of rotatable bonds is 5. The minimum Gasteiger partial charge on any atom is -0.376 e. The number of hydrogen-bond donors (Lipinski definition) is 2. The topological polar surface area (TPSA) is 110 Å². The minimum absolute atomic E-state index is 0.00506. The summed E-state index contributed by atoms with van der Waals surface area (Å²) in [5, 5.41) is 20.3. The van der Waals surface area contributed by atoms with E-state index in [1.807, 2.05) is 20.8 Å². The van der Waals surface area contributed by atoms with Crippen LogP contribution in [0.15, 0.2) is 28.8 Å². The first-order valence-electron chi connectivity index (χ1n) is 7.43. The van der Waals surface area contributed by atoms with Crippen molar-refractivity contribution in [2.75, 3.05) is 17.2 Å². The van der Waals surface area contributed by atoms with Crippen molar-refractivity contribution >= 4 is 23.2 Å². The average molecular weight is 332 g/mol. The number of anilines is 2. The Labute approximate surface area is 139 Å². The third kappa shape index (κ3) is 4.09. The zero-order chi connectivity index (χ0) is 17.9. The van der Waals surface area contributed by atoms with Crippen LogP contribution in [-0.4, -0.2) is 22.5 Å². The second kappa shape index (κ2) is 6.69. The predicted octanol–water partition coefficient (Wildman–Crippen LogP) is 3.24. The molecule has 0 fully saturated rings. The molecule has 0 aliphatic rings. The van der Waals surface area contributed by atoms with E-state index in [9.17, 15) is 14.9 Å². The molecule has 0 saturated heterocycles. The lowest BCUT2D eigenvalue weighted by Gasteiger charge is -2.12. The van der Waals surface area contributed by atoms with Crippen molar-refractivity contribution in [1.82, 2.24) is 5.16 Å². The minimum atomic E-state index is -0.455. The number of aromatic nitrogens is 1. The fourth-order valence-electron chi connectivity index (χ4n) is 2.06. The van der Waals surface area contributed by atoms with Crippen molar-refractivity contribution in [3.05, 3.63) is 45.6 Å². The van der Waals surface area contributed by atoms with E-state index >= 15 is 0 Å². The molecule has 0 saturated carbocycles. The van der Waals surface area contributed by atoms with Crippen molar-refractivity contribution < 1.29 is 14.2 Å². The van der Waals surface area contributed by atoms with Crippen LogP contribution in [0, 0.1) is 17.0 Å². The van der Waals surface area contributed by atoms with Crippen molar-refractivity contribution in [2.45, 2.75) is 33.1 Å². The van der Waals surface area contributed by atoms with Gasteiger partial charge in [-0.3, -0.25) is 20.2 Å². The summed E-state index contributed by atoms with van der Waals surface area (Å²) in [6, 6.07) is 6.35. The number of nitrogens with one attached hydrogen (secondary N) is 2. The maximum atomic E-state index is 12.0. The van der Waals surface area contributed by atoms with Gasteiger partial charge in [0.05, 0.1) is 17.2 Å². The zero-order valence-electron chi connectivity index (χ0n) is 14.0. The van der Waals surface area contributed by atoms with E-state index in [1.165, 1.54) is 6.07 Å². The van der Waals surface area contributed by atoms with Crippen LogP contribution in [0.25, 0.3) is 0 Å². The molecule has 1 aromatic carbocycles. The molecule has 0 aliphatic heterocycles. The highest BCUT2D eigenvalue weighted by atomic mass is 16.6. The second-order valence-electron chi connectivity index (χ2n) is 6.43. The van der Waals surface area contributed by atoms with Crippen LogP contribution in [0.1, 0.15) is 32.0 Å². The van der Waals surface area contributed by atoms with Gasteiger partial charge >= 0.3 is 0 Å². The molecule has 0 radical (unpaired) electrons. The summed E-state index contributed by atoms with van der Waals surface area (Å²) in [4.78, 5) is 22.4. The Kier molecular flexibility index (Phi) is 4.87. The molecular weight excluding hydrogens is 312 g/mol. The average Bonchev–Trinajstić information content (AvgIpc) is 2.94. The van der Waals surface area contributed by atoms with Gasteiger partial charge in [-0.15, -0.1) is 0 Å². The first kappa shape index (κ1) is 17.5. The van der Waals surface area contributed by atoms with Crippen LogP contribution >= 0.6 is 0 Å². The summed E-state index contributed by atoms with van der Waals surface area (Å²) in [7, 11) is 0. The van der Waals surface area contributed by atoms with E-state index in [2.05, 4.69) is 15.8 Å². The highest BCUT2D eigenvalue weighted by molar-refractivity contribution is 5.92. The lowest BCUT2D eigenvalue weighted by Crippen LogP contribution is -2.22. The Bertz CT molecular complexity index is 762. The van der Waals surface area contributed by atoms with Crippen LogP contribution in [-0.2, 0) is 10.2 Å². The molecule has 0 spiro atoms. The van der Waals surface area contributed by atoms with E-state index < -0.39 is 4.92 Å². The number of benzene rings is 1. The van der Waals surface area contributed by atoms with Gasteiger partial charge in [-0.1, -0.05) is 32.0 Å². The van der Waals surface area contributed by atoms with Crippen LogP contribution in [0.3, 0.4) is 0 Å². The molecule has 1 heterocycles. The summed E-state index contributed by atoms with van der Waals surface area (Å²) in [6.45, 7) is 7.55. The molecule has 0 aliphatic carbocycles. The Morgan fingerprint density at radius 3 is 2.67 bits per heavy atom.